The molecule has 1 saturated carbocycles. The first-order valence-electron chi connectivity index (χ1n) is 6.11. The molecule has 0 heterocycles. The van der Waals surface area contributed by atoms with Gasteiger partial charge in [-0.2, -0.15) is 0 Å². The van der Waals surface area contributed by atoms with Crippen LogP contribution in [0.1, 0.15) is 46.0 Å². The van der Waals surface area contributed by atoms with Crippen molar-refractivity contribution in [2.24, 2.45) is 11.8 Å². The Labute approximate surface area is 92.3 Å². The van der Waals surface area contributed by atoms with E-state index in [1.54, 1.807) is 0 Å². The molecule has 0 aromatic heterocycles. The summed E-state index contributed by atoms with van der Waals surface area (Å²) in [7, 11) is 0. The van der Waals surface area contributed by atoms with Crippen molar-refractivity contribution < 1.29 is 9.90 Å². The van der Waals surface area contributed by atoms with Gasteiger partial charge in [0.25, 0.3) is 0 Å². The maximum atomic E-state index is 10.9. The molecule has 3 atom stereocenters. The zero-order valence-electron chi connectivity index (χ0n) is 9.83. The van der Waals surface area contributed by atoms with Crippen LogP contribution < -0.4 is 5.32 Å². The van der Waals surface area contributed by atoms with Crippen molar-refractivity contribution in [2.75, 3.05) is 6.54 Å². The Balaban J connectivity index is 2.29. The number of carbonyl (C=O) groups is 1. The number of carboxylic acids is 1. The molecule has 3 nitrogen and oxygen atoms in total. The highest BCUT2D eigenvalue weighted by Gasteiger charge is 2.25. The minimum atomic E-state index is -0.706. The summed E-state index contributed by atoms with van der Waals surface area (Å²) in [6, 6.07) is -0.345. The highest BCUT2D eigenvalue weighted by Crippen LogP contribution is 2.30. The van der Waals surface area contributed by atoms with Crippen LogP contribution in [0.5, 0.6) is 0 Å². The lowest BCUT2D eigenvalue weighted by molar-refractivity contribution is -0.139. The predicted octanol–water partition coefficient (Wildman–Crippen LogP) is 2.27. The zero-order chi connectivity index (χ0) is 11.3. The van der Waals surface area contributed by atoms with Gasteiger partial charge in [-0.15, -0.1) is 0 Å². The number of rotatable bonds is 6. The van der Waals surface area contributed by atoms with E-state index >= 15 is 0 Å². The van der Waals surface area contributed by atoms with Crippen molar-refractivity contribution in [3.63, 3.8) is 0 Å². The number of aliphatic carboxylic acids is 1. The van der Waals surface area contributed by atoms with Gasteiger partial charge in [0.05, 0.1) is 0 Å². The van der Waals surface area contributed by atoms with E-state index in [-0.39, 0.29) is 6.04 Å². The van der Waals surface area contributed by atoms with E-state index < -0.39 is 5.97 Å². The molecule has 0 aromatic rings. The van der Waals surface area contributed by atoms with Crippen LogP contribution in [0.4, 0.5) is 0 Å². The summed E-state index contributed by atoms with van der Waals surface area (Å²) < 4.78 is 0. The monoisotopic (exact) mass is 213 g/mol. The van der Waals surface area contributed by atoms with Gasteiger partial charge in [-0.3, -0.25) is 4.79 Å². The van der Waals surface area contributed by atoms with E-state index in [0.717, 1.165) is 25.3 Å². The molecule has 0 radical (unpaired) electrons. The molecule has 0 aromatic carbocycles. The highest BCUT2D eigenvalue weighted by molar-refractivity contribution is 5.73. The summed E-state index contributed by atoms with van der Waals surface area (Å²) in [6.07, 6.45) is 5.52. The van der Waals surface area contributed by atoms with Crippen molar-refractivity contribution in [1.82, 2.24) is 5.32 Å². The largest absolute Gasteiger partial charge is 0.480 e. The average molecular weight is 213 g/mol. The van der Waals surface area contributed by atoms with Gasteiger partial charge < -0.3 is 10.4 Å². The summed E-state index contributed by atoms with van der Waals surface area (Å²) >= 11 is 0. The Hall–Kier alpha value is -0.570. The summed E-state index contributed by atoms with van der Waals surface area (Å²) in [5.74, 6) is 0.736. The van der Waals surface area contributed by atoms with Gasteiger partial charge in [0.15, 0.2) is 0 Å². The normalized spacial score (nSPS) is 27.9. The van der Waals surface area contributed by atoms with Crippen LogP contribution in [-0.4, -0.2) is 23.7 Å². The Morgan fingerprint density at radius 3 is 2.73 bits per heavy atom. The number of hydrogen-bond acceptors (Lipinski definition) is 2. The van der Waals surface area contributed by atoms with Gasteiger partial charge in [0, 0.05) is 0 Å². The second-order valence-electron chi connectivity index (χ2n) is 4.76. The second-order valence-corrected chi connectivity index (χ2v) is 4.76. The van der Waals surface area contributed by atoms with Gasteiger partial charge >= 0.3 is 5.97 Å². The second kappa shape index (κ2) is 6.11. The molecule has 0 spiro atoms. The average Bonchev–Trinajstić information content (AvgIpc) is 2.58. The molecule has 0 bridgehead atoms. The van der Waals surface area contributed by atoms with Crippen LogP contribution in [-0.2, 0) is 4.79 Å². The predicted molar refractivity (Wildman–Crippen MR) is 60.8 cm³/mol. The SMILES string of the molecule is CCCC(NCC1CCCC1C)C(=O)O. The molecule has 1 aliphatic carbocycles. The minimum Gasteiger partial charge on any atom is -0.480 e. The van der Waals surface area contributed by atoms with Crippen molar-refractivity contribution in [1.29, 1.82) is 0 Å². The maximum Gasteiger partial charge on any atom is 0.320 e. The molecule has 15 heavy (non-hydrogen) atoms. The van der Waals surface area contributed by atoms with E-state index in [1.165, 1.54) is 19.3 Å². The first-order chi connectivity index (χ1) is 7.15. The molecule has 0 aliphatic heterocycles. The van der Waals surface area contributed by atoms with E-state index in [2.05, 4.69) is 12.2 Å². The summed E-state index contributed by atoms with van der Waals surface area (Å²) in [6.45, 7) is 5.17. The molecule has 1 aliphatic rings. The smallest absolute Gasteiger partial charge is 0.320 e. The Morgan fingerprint density at radius 1 is 1.53 bits per heavy atom. The molecular weight excluding hydrogens is 190 g/mol. The van der Waals surface area contributed by atoms with Gasteiger partial charge in [-0.1, -0.05) is 33.1 Å². The van der Waals surface area contributed by atoms with Crippen LogP contribution in [0, 0.1) is 11.8 Å². The van der Waals surface area contributed by atoms with Crippen LogP contribution in [0.15, 0.2) is 0 Å². The molecule has 3 heteroatoms. The standard InChI is InChI=1S/C12H23NO2/c1-3-5-11(12(14)15)13-8-10-7-4-6-9(10)2/h9-11,13H,3-8H2,1-2H3,(H,14,15). The summed E-state index contributed by atoms with van der Waals surface area (Å²) in [5.41, 5.74) is 0. The van der Waals surface area contributed by atoms with E-state index in [9.17, 15) is 4.79 Å². The maximum absolute atomic E-state index is 10.9. The van der Waals surface area contributed by atoms with E-state index in [1.807, 2.05) is 6.92 Å². The van der Waals surface area contributed by atoms with E-state index in [0.29, 0.717) is 5.92 Å². The quantitative estimate of drug-likeness (QED) is 0.711. The third kappa shape index (κ3) is 3.82. The first kappa shape index (κ1) is 12.5. The van der Waals surface area contributed by atoms with Crippen molar-refractivity contribution in [3.05, 3.63) is 0 Å². The molecule has 3 unspecified atom stereocenters. The van der Waals surface area contributed by atoms with Crippen molar-refractivity contribution in [2.45, 2.75) is 52.0 Å². The molecule has 2 N–H and O–H groups in total. The lowest BCUT2D eigenvalue weighted by Crippen LogP contribution is -2.39. The van der Waals surface area contributed by atoms with Crippen molar-refractivity contribution >= 4 is 5.97 Å². The van der Waals surface area contributed by atoms with Crippen LogP contribution in [0.25, 0.3) is 0 Å². The Kier molecular flexibility index (Phi) is 5.09. The van der Waals surface area contributed by atoms with Crippen molar-refractivity contribution in [3.8, 4) is 0 Å². The van der Waals surface area contributed by atoms with Crippen LogP contribution in [0.2, 0.25) is 0 Å². The third-order valence-electron chi connectivity index (χ3n) is 3.54. The molecule has 0 saturated heterocycles. The number of hydrogen-bond donors (Lipinski definition) is 2. The lowest BCUT2D eigenvalue weighted by atomic mass is 9.97. The topological polar surface area (TPSA) is 49.3 Å². The number of nitrogens with one attached hydrogen (secondary N) is 1. The molecule has 0 amide bonds. The van der Waals surface area contributed by atoms with Gasteiger partial charge in [0.1, 0.15) is 6.04 Å². The van der Waals surface area contributed by atoms with Gasteiger partial charge in [-0.05, 0) is 31.2 Å². The molecule has 1 fully saturated rings. The number of carboxylic acid groups (broad SMARTS) is 1. The van der Waals surface area contributed by atoms with Gasteiger partial charge in [0.2, 0.25) is 0 Å². The van der Waals surface area contributed by atoms with Gasteiger partial charge in [-0.25, -0.2) is 0 Å². The third-order valence-corrected chi connectivity index (χ3v) is 3.54. The lowest BCUT2D eigenvalue weighted by Gasteiger charge is -2.19. The molecular formula is C12H23NO2. The Bertz CT molecular complexity index is 206. The highest BCUT2D eigenvalue weighted by atomic mass is 16.4. The molecule has 1 rings (SSSR count). The fourth-order valence-electron chi connectivity index (χ4n) is 2.42. The van der Waals surface area contributed by atoms with Crippen LogP contribution >= 0.6 is 0 Å². The summed E-state index contributed by atoms with van der Waals surface area (Å²) in [5, 5.41) is 12.2. The van der Waals surface area contributed by atoms with E-state index in [4.69, 9.17) is 5.11 Å². The summed E-state index contributed by atoms with van der Waals surface area (Å²) in [4.78, 5) is 10.9. The fraction of sp³-hybridized carbons (Fsp3) is 0.917. The molecule has 88 valence electrons. The fourth-order valence-corrected chi connectivity index (χ4v) is 2.42. The first-order valence-corrected chi connectivity index (χ1v) is 6.11. The van der Waals surface area contributed by atoms with Crippen LogP contribution in [0.3, 0.4) is 0 Å². The Morgan fingerprint density at radius 2 is 2.27 bits per heavy atom. The zero-order valence-corrected chi connectivity index (χ0v) is 9.83. The minimum absolute atomic E-state index is 0.345.